The number of hydrogen-bond donors (Lipinski definition) is 2. The van der Waals surface area contributed by atoms with Gasteiger partial charge in [-0.25, -0.2) is 4.79 Å². The molecule has 0 aromatic heterocycles. The molecule has 1 unspecified atom stereocenters. The minimum atomic E-state index is -1.05. The molecule has 0 amide bonds. The Morgan fingerprint density at radius 1 is 1.15 bits per heavy atom. The summed E-state index contributed by atoms with van der Waals surface area (Å²) in [6.07, 6.45) is -0.816. The number of carboxylic acids is 1. The first kappa shape index (κ1) is 12.5. The number of carboxylic acid groups (broad SMARTS) is 1. The van der Waals surface area contributed by atoms with Gasteiger partial charge in [0, 0.05) is 11.1 Å². The van der Waals surface area contributed by atoms with Crippen molar-refractivity contribution < 1.29 is 24.5 Å². The van der Waals surface area contributed by atoms with Crippen molar-refractivity contribution in [2.24, 2.45) is 0 Å². The smallest absolute Gasteiger partial charge is 0.341 e. The Bertz CT molecular complexity index is 665. The predicted molar refractivity (Wildman–Crippen MR) is 70.2 cm³/mol. The Balaban J connectivity index is 1.93. The zero-order valence-corrected chi connectivity index (χ0v) is 10.4. The molecule has 2 N–H and O–H groups in total. The summed E-state index contributed by atoms with van der Waals surface area (Å²) in [6, 6.07) is 12.1. The molecule has 3 rings (SSSR count). The molecule has 1 heterocycles. The Kier molecular flexibility index (Phi) is 3.04. The average molecular weight is 272 g/mol. The first-order valence-electron chi connectivity index (χ1n) is 6.08. The lowest BCUT2D eigenvalue weighted by molar-refractivity contribution is -0.139. The van der Waals surface area contributed by atoms with Crippen molar-refractivity contribution in [1.29, 1.82) is 0 Å². The number of ether oxygens (including phenoxy) is 2. The second-order valence-electron chi connectivity index (χ2n) is 4.42. The van der Waals surface area contributed by atoms with Gasteiger partial charge in [0.2, 0.25) is 0 Å². The van der Waals surface area contributed by atoms with Crippen LogP contribution in [0.15, 0.2) is 42.5 Å². The van der Waals surface area contributed by atoms with Crippen LogP contribution in [0.25, 0.3) is 0 Å². The molecule has 0 spiro atoms. The van der Waals surface area contributed by atoms with E-state index in [-0.39, 0.29) is 0 Å². The van der Waals surface area contributed by atoms with Crippen molar-refractivity contribution in [3.63, 3.8) is 0 Å². The third-order valence-corrected chi connectivity index (χ3v) is 3.07. The molecular formula is C15H12O5. The van der Waals surface area contributed by atoms with Gasteiger partial charge in [0.1, 0.15) is 23.4 Å². The molecule has 0 radical (unpaired) electrons. The van der Waals surface area contributed by atoms with Crippen LogP contribution in [-0.4, -0.2) is 22.8 Å². The van der Waals surface area contributed by atoms with Crippen molar-refractivity contribution in [2.45, 2.75) is 6.10 Å². The largest absolute Gasteiger partial charge is 0.482 e. The quantitative estimate of drug-likeness (QED) is 0.896. The molecule has 1 aliphatic heterocycles. The van der Waals surface area contributed by atoms with Crippen molar-refractivity contribution in [3.8, 4) is 17.2 Å². The lowest BCUT2D eigenvalue weighted by atomic mass is 9.97. The average Bonchev–Trinajstić information content (AvgIpc) is 2.46. The number of hydrogen-bond acceptors (Lipinski definition) is 4. The van der Waals surface area contributed by atoms with Gasteiger partial charge in [-0.1, -0.05) is 18.2 Å². The van der Waals surface area contributed by atoms with Crippen LogP contribution < -0.4 is 9.47 Å². The van der Waals surface area contributed by atoms with Gasteiger partial charge in [0.05, 0.1) is 0 Å². The maximum Gasteiger partial charge on any atom is 0.341 e. The maximum absolute atomic E-state index is 10.5. The van der Waals surface area contributed by atoms with E-state index >= 15 is 0 Å². The van der Waals surface area contributed by atoms with E-state index in [2.05, 4.69) is 0 Å². The molecule has 0 saturated heterocycles. The lowest BCUT2D eigenvalue weighted by Crippen LogP contribution is -2.12. The van der Waals surface area contributed by atoms with Crippen LogP contribution >= 0.6 is 0 Å². The van der Waals surface area contributed by atoms with E-state index in [1.807, 2.05) is 12.1 Å². The SMILES string of the molecule is O=C(O)COc1ccc2c(c1)C(O)c1ccccc1O2. The fourth-order valence-electron chi connectivity index (χ4n) is 2.15. The number of rotatable bonds is 3. The summed E-state index contributed by atoms with van der Waals surface area (Å²) in [5.41, 5.74) is 1.24. The molecule has 0 bridgehead atoms. The zero-order chi connectivity index (χ0) is 14.1. The molecule has 5 heteroatoms. The van der Waals surface area contributed by atoms with E-state index in [0.29, 0.717) is 28.4 Å². The summed E-state index contributed by atoms with van der Waals surface area (Å²) in [4.78, 5) is 10.5. The van der Waals surface area contributed by atoms with Crippen LogP contribution in [0, 0.1) is 0 Å². The molecule has 0 fully saturated rings. The summed E-state index contributed by atoms with van der Waals surface area (Å²) >= 11 is 0. The Hall–Kier alpha value is -2.53. The van der Waals surface area contributed by atoms with Gasteiger partial charge < -0.3 is 19.7 Å². The molecule has 5 nitrogen and oxygen atoms in total. The van der Waals surface area contributed by atoms with E-state index in [1.165, 1.54) is 0 Å². The van der Waals surface area contributed by atoms with Gasteiger partial charge in [0.25, 0.3) is 0 Å². The number of aliphatic hydroxyl groups excluding tert-OH is 1. The standard InChI is InChI=1S/C15H12O5/c16-14(17)8-19-9-5-6-13-11(7-9)15(18)10-3-1-2-4-12(10)20-13/h1-7,15,18H,8H2,(H,16,17). The number of carbonyl (C=O) groups is 1. The Morgan fingerprint density at radius 2 is 1.90 bits per heavy atom. The predicted octanol–water partition coefficient (Wildman–Crippen LogP) is 2.34. The molecular weight excluding hydrogens is 260 g/mol. The highest BCUT2D eigenvalue weighted by atomic mass is 16.5. The second-order valence-corrected chi connectivity index (χ2v) is 4.42. The molecule has 2 aromatic carbocycles. The van der Waals surface area contributed by atoms with Crippen LogP contribution in [0.5, 0.6) is 17.2 Å². The van der Waals surface area contributed by atoms with Gasteiger partial charge >= 0.3 is 5.97 Å². The monoisotopic (exact) mass is 272 g/mol. The van der Waals surface area contributed by atoms with Crippen LogP contribution in [0.2, 0.25) is 0 Å². The van der Waals surface area contributed by atoms with Crippen LogP contribution in [-0.2, 0) is 4.79 Å². The van der Waals surface area contributed by atoms with Gasteiger partial charge in [0.15, 0.2) is 6.61 Å². The van der Waals surface area contributed by atoms with Gasteiger partial charge in [-0.3, -0.25) is 0 Å². The second kappa shape index (κ2) is 4.86. The molecule has 2 aromatic rings. The van der Waals surface area contributed by atoms with Crippen molar-refractivity contribution in [3.05, 3.63) is 53.6 Å². The highest BCUT2D eigenvalue weighted by Gasteiger charge is 2.25. The molecule has 20 heavy (non-hydrogen) atoms. The van der Waals surface area contributed by atoms with Gasteiger partial charge in [-0.05, 0) is 24.3 Å². The third-order valence-electron chi connectivity index (χ3n) is 3.07. The molecule has 0 aliphatic carbocycles. The van der Waals surface area contributed by atoms with Gasteiger partial charge in [-0.15, -0.1) is 0 Å². The van der Waals surface area contributed by atoms with E-state index in [0.717, 1.165) is 0 Å². The minimum absolute atomic E-state index is 0.383. The summed E-state index contributed by atoms with van der Waals surface area (Å²) in [5, 5.41) is 19.0. The number of aliphatic carboxylic acids is 1. The normalized spacial score (nSPS) is 15.8. The lowest BCUT2D eigenvalue weighted by Gasteiger charge is -2.25. The van der Waals surface area contributed by atoms with Crippen molar-refractivity contribution in [1.82, 2.24) is 0 Å². The van der Waals surface area contributed by atoms with E-state index in [9.17, 15) is 9.90 Å². The number of para-hydroxylation sites is 1. The van der Waals surface area contributed by atoms with E-state index in [1.54, 1.807) is 30.3 Å². The number of aliphatic hydroxyl groups is 1. The summed E-state index contributed by atoms with van der Waals surface area (Å²) in [7, 11) is 0. The first-order valence-corrected chi connectivity index (χ1v) is 6.08. The Labute approximate surface area is 115 Å². The summed E-state index contributed by atoms with van der Waals surface area (Å²) in [5.74, 6) is 0.489. The first-order chi connectivity index (χ1) is 9.65. The minimum Gasteiger partial charge on any atom is -0.482 e. The number of fused-ring (bicyclic) bond motifs is 2. The third kappa shape index (κ3) is 2.19. The van der Waals surface area contributed by atoms with Crippen LogP contribution in [0.3, 0.4) is 0 Å². The van der Waals surface area contributed by atoms with Gasteiger partial charge in [-0.2, -0.15) is 0 Å². The fraction of sp³-hybridized carbons (Fsp3) is 0.133. The van der Waals surface area contributed by atoms with Crippen LogP contribution in [0.1, 0.15) is 17.2 Å². The summed E-state index contributed by atoms with van der Waals surface area (Å²) < 4.78 is 10.8. The summed E-state index contributed by atoms with van der Waals surface area (Å²) in [6.45, 7) is -0.424. The highest BCUT2D eigenvalue weighted by molar-refractivity contribution is 5.68. The van der Waals surface area contributed by atoms with Crippen molar-refractivity contribution >= 4 is 5.97 Å². The molecule has 1 atom stereocenters. The fourth-order valence-corrected chi connectivity index (χ4v) is 2.15. The molecule has 102 valence electrons. The molecule has 1 aliphatic rings. The Morgan fingerprint density at radius 3 is 2.70 bits per heavy atom. The van der Waals surface area contributed by atoms with Crippen LogP contribution in [0.4, 0.5) is 0 Å². The highest BCUT2D eigenvalue weighted by Crippen LogP contribution is 2.43. The van der Waals surface area contributed by atoms with E-state index < -0.39 is 18.7 Å². The topological polar surface area (TPSA) is 76.0 Å². The molecule has 0 saturated carbocycles. The number of benzene rings is 2. The van der Waals surface area contributed by atoms with Crippen molar-refractivity contribution in [2.75, 3.05) is 6.61 Å². The maximum atomic E-state index is 10.5. The van der Waals surface area contributed by atoms with E-state index in [4.69, 9.17) is 14.6 Å². The zero-order valence-electron chi connectivity index (χ0n) is 10.4.